The number of aryl methyl sites for hydroxylation is 1. The first-order valence-corrected chi connectivity index (χ1v) is 7.79. The van der Waals surface area contributed by atoms with Crippen molar-refractivity contribution in [1.29, 1.82) is 0 Å². The summed E-state index contributed by atoms with van der Waals surface area (Å²) in [7, 11) is 0. The van der Waals surface area contributed by atoms with E-state index in [1.807, 2.05) is 24.6 Å². The van der Waals surface area contributed by atoms with Crippen molar-refractivity contribution in [2.45, 2.75) is 38.8 Å². The van der Waals surface area contributed by atoms with Crippen LogP contribution in [0.15, 0.2) is 36.7 Å². The first-order chi connectivity index (χ1) is 10.6. The van der Waals surface area contributed by atoms with Gasteiger partial charge >= 0.3 is 0 Å². The highest BCUT2D eigenvalue weighted by atomic mass is 16.2. The molecule has 2 aromatic rings. The van der Waals surface area contributed by atoms with E-state index < -0.39 is 0 Å². The van der Waals surface area contributed by atoms with Crippen LogP contribution in [0.25, 0.3) is 5.69 Å². The van der Waals surface area contributed by atoms with Crippen LogP contribution in [0.1, 0.15) is 37.2 Å². The number of imidazole rings is 1. The Morgan fingerprint density at radius 1 is 1.41 bits per heavy atom. The summed E-state index contributed by atoms with van der Waals surface area (Å²) >= 11 is 0. The molecule has 0 radical (unpaired) electrons. The molecule has 5 heteroatoms. The number of hydrogen-bond acceptors (Lipinski definition) is 3. The molecule has 1 aromatic carbocycles. The Morgan fingerprint density at radius 3 is 2.77 bits per heavy atom. The van der Waals surface area contributed by atoms with Crippen molar-refractivity contribution in [3.8, 4) is 5.69 Å². The summed E-state index contributed by atoms with van der Waals surface area (Å²) in [5.41, 5.74) is 2.18. The Bertz CT molecular complexity index is 641. The highest BCUT2D eigenvalue weighted by Gasteiger charge is 2.23. The van der Waals surface area contributed by atoms with Crippen LogP contribution in [-0.2, 0) is 4.79 Å². The summed E-state index contributed by atoms with van der Waals surface area (Å²) in [5.74, 6) is 1.06. The maximum absolute atomic E-state index is 12.1. The zero-order valence-corrected chi connectivity index (χ0v) is 13.0. The molecule has 1 unspecified atom stereocenters. The maximum atomic E-state index is 12.1. The van der Waals surface area contributed by atoms with Crippen molar-refractivity contribution < 1.29 is 4.79 Å². The van der Waals surface area contributed by atoms with E-state index in [1.165, 1.54) is 0 Å². The number of carbonyl (C=O) groups excluding carboxylic acids is 1. The molecule has 3 rings (SSSR count). The van der Waals surface area contributed by atoms with Gasteiger partial charge in [0.05, 0.1) is 12.1 Å². The molecule has 0 spiro atoms. The second kappa shape index (κ2) is 6.32. The summed E-state index contributed by atoms with van der Waals surface area (Å²) in [6.07, 6.45) is 5.74. The molecule has 1 fully saturated rings. The molecule has 1 aromatic heterocycles. The quantitative estimate of drug-likeness (QED) is 0.909. The molecule has 116 valence electrons. The number of nitrogens with zero attached hydrogens (tertiary/aromatic N) is 2. The topological polar surface area (TPSA) is 59.0 Å². The molecule has 2 N–H and O–H groups in total. The number of aromatic nitrogens is 2. The van der Waals surface area contributed by atoms with Crippen molar-refractivity contribution in [3.63, 3.8) is 0 Å². The molecule has 1 aliphatic heterocycles. The van der Waals surface area contributed by atoms with E-state index >= 15 is 0 Å². The Kier molecular flexibility index (Phi) is 4.24. The monoisotopic (exact) mass is 298 g/mol. The number of carbonyl (C=O) groups is 1. The van der Waals surface area contributed by atoms with Gasteiger partial charge in [-0.25, -0.2) is 4.98 Å². The number of benzene rings is 1. The fraction of sp³-hybridized carbons (Fsp3) is 0.412. The molecule has 0 bridgehead atoms. The van der Waals surface area contributed by atoms with Gasteiger partial charge in [-0.05, 0) is 50.9 Å². The molecular formula is C17H22N4O. The summed E-state index contributed by atoms with van der Waals surface area (Å²) in [4.78, 5) is 16.4. The Labute approximate surface area is 130 Å². The number of amides is 1. The van der Waals surface area contributed by atoms with Crippen LogP contribution in [0.3, 0.4) is 0 Å². The maximum Gasteiger partial charge on any atom is 0.237 e. The lowest BCUT2D eigenvalue weighted by atomic mass is 10.1. The average molecular weight is 298 g/mol. The Hall–Kier alpha value is -2.14. The number of rotatable bonds is 4. The second-order valence-electron chi connectivity index (χ2n) is 5.82. The lowest BCUT2D eigenvalue weighted by molar-refractivity contribution is -0.123. The van der Waals surface area contributed by atoms with E-state index in [0.717, 1.165) is 36.5 Å². The molecule has 2 heterocycles. The van der Waals surface area contributed by atoms with E-state index in [1.54, 1.807) is 6.20 Å². The minimum atomic E-state index is -0.0321. The SMILES string of the molecule is Cc1nccn1-c1ccc([C@H](C)NC(=O)C2CCCN2)cc1. The van der Waals surface area contributed by atoms with Gasteiger partial charge in [0.15, 0.2) is 0 Å². The van der Waals surface area contributed by atoms with Crippen molar-refractivity contribution in [3.05, 3.63) is 48.0 Å². The van der Waals surface area contributed by atoms with E-state index in [9.17, 15) is 4.79 Å². The molecule has 5 nitrogen and oxygen atoms in total. The highest BCUT2D eigenvalue weighted by molar-refractivity contribution is 5.82. The van der Waals surface area contributed by atoms with Crippen molar-refractivity contribution in [1.82, 2.24) is 20.2 Å². The smallest absolute Gasteiger partial charge is 0.237 e. The third-order valence-electron chi connectivity index (χ3n) is 4.23. The van der Waals surface area contributed by atoms with Gasteiger partial charge in [-0.2, -0.15) is 0 Å². The van der Waals surface area contributed by atoms with Gasteiger partial charge in [-0.3, -0.25) is 4.79 Å². The second-order valence-corrected chi connectivity index (χ2v) is 5.82. The normalized spacial score (nSPS) is 19.1. The third-order valence-corrected chi connectivity index (χ3v) is 4.23. The lowest BCUT2D eigenvalue weighted by Crippen LogP contribution is -2.41. The molecule has 2 atom stereocenters. The summed E-state index contributed by atoms with van der Waals surface area (Å²) in [6.45, 7) is 4.93. The standard InChI is InChI=1S/C17H22N4O/c1-12(20-17(22)16-4-3-9-19-16)14-5-7-15(8-6-14)21-11-10-18-13(21)2/h5-8,10-12,16,19H,3-4,9H2,1-2H3,(H,20,22)/t12-,16?/m0/s1. The van der Waals surface area contributed by atoms with E-state index in [0.29, 0.717) is 0 Å². The predicted molar refractivity (Wildman–Crippen MR) is 85.9 cm³/mol. The summed E-state index contributed by atoms with van der Waals surface area (Å²) in [6, 6.07) is 8.20. The van der Waals surface area contributed by atoms with Crippen molar-refractivity contribution in [2.75, 3.05) is 6.54 Å². The van der Waals surface area contributed by atoms with Crippen molar-refractivity contribution in [2.24, 2.45) is 0 Å². The minimum absolute atomic E-state index is 0.00725. The van der Waals surface area contributed by atoms with Crippen LogP contribution >= 0.6 is 0 Å². The molecule has 1 amide bonds. The van der Waals surface area contributed by atoms with E-state index in [4.69, 9.17) is 0 Å². The fourth-order valence-corrected chi connectivity index (χ4v) is 2.88. The zero-order chi connectivity index (χ0) is 15.5. The van der Waals surface area contributed by atoms with Gasteiger partial charge in [0, 0.05) is 18.1 Å². The molecule has 0 saturated carbocycles. The summed E-state index contributed by atoms with van der Waals surface area (Å²) in [5, 5.41) is 6.31. The first kappa shape index (κ1) is 14.8. The molecule has 0 aliphatic carbocycles. The zero-order valence-electron chi connectivity index (χ0n) is 13.0. The average Bonchev–Trinajstić information content (AvgIpc) is 3.18. The van der Waals surface area contributed by atoms with Gasteiger partial charge in [0.1, 0.15) is 5.82 Å². The van der Waals surface area contributed by atoms with Crippen LogP contribution in [-0.4, -0.2) is 28.0 Å². The lowest BCUT2D eigenvalue weighted by Gasteiger charge is -2.18. The Balaban J connectivity index is 1.67. The van der Waals surface area contributed by atoms with Gasteiger partial charge in [-0.1, -0.05) is 12.1 Å². The fourth-order valence-electron chi connectivity index (χ4n) is 2.88. The van der Waals surface area contributed by atoms with Crippen LogP contribution < -0.4 is 10.6 Å². The number of nitrogens with one attached hydrogen (secondary N) is 2. The van der Waals surface area contributed by atoms with Gasteiger partial charge in [0.2, 0.25) is 5.91 Å². The van der Waals surface area contributed by atoms with Crippen LogP contribution in [0, 0.1) is 6.92 Å². The van der Waals surface area contributed by atoms with E-state index in [-0.39, 0.29) is 18.0 Å². The molecular weight excluding hydrogens is 276 g/mol. The summed E-state index contributed by atoms with van der Waals surface area (Å²) < 4.78 is 2.04. The number of hydrogen-bond donors (Lipinski definition) is 2. The van der Waals surface area contributed by atoms with Crippen LogP contribution in [0.4, 0.5) is 0 Å². The molecule has 1 aliphatic rings. The van der Waals surface area contributed by atoms with Crippen LogP contribution in [0.2, 0.25) is 0 Å². The first-order valence-electron chi connectivity index (χ1n) is 7.79. The highest BCUT2D eigenvalue weighted by Crippen LogP contribution is 2.17. The van der Waals surface area contributed by atoms with Crippen LogP contribution in [0.5, 0.6) is 0 Å². The van der Waals surface area contributed by atoms with E-state index in [2.05, 4.69) is 39.9 Å². The predicted octanol–water partition coefficient (Wildman–Crippen LogP) is 2.11. The van der Waals surface area contributed by atoms with Gasteiger partial charge in [-0.15, -0.1) is 0 Å². The van der Waals surface area contributed by atoms with Gasteiger partial charge in [0.25, 0.3) is 0 Å². The Morgan fingerprint density at radius 2 is 2.18 bits per heavy atom. The van der Waals surface area contributed by atoms with Gasteiger partial charge < -0.3 is 15.2 Å². The molecule has 22 heavy (non-hydrogen) atoms. The largest absolute Gasteiger partial charge is 0.348 e. The molecule has 1 saturated heterocycles. The third kappa shape index (κ3) is 3.04. The minimum Gasteiger partial charge on any atom is -0.348 e. The van der Waals surface area contributed by atoms with Crippen molar-refractivity contribution >= 4 is 5.91 Å².